The molecule has 1 amide bonds. The Balaban J connectivity index is 1.60. The van der Waals surface area contributed by atoms with Crippen LogP contribution in [0.25, 0.3) is 10.9 Å². The largest absolute Gasteiger partial charge is 0.461 e. The lowest BCUT2D eigenvalue weighted by Gasteiger charge is -2.42. The van der Waals surface area contributed by atoms with Crippen molar-refractivity contribution in [2.24, 2.45) is 13.0 Å². The number of aryl methyl sites for hydroxylation is 2. The summed E-state index contributed by atoms with van der Waals surface area (Å²) in [6.07, 6.45) is 1.56. The van der Waals surface area contributed by atoms with E-state index in [1.165, 1.54) is 0 Å². The summed E-state index contributed by atoms with van der Waals surface area (Å²) < 4.78 is 12.6. The number of ether oxygens (including phenoxy) is 2. The highest BCUT2D eigenvalue weighted by atomic mass is 35.5. The van der Waals surface area contributed by atoms with Crippen molar-refractivity contribution >= 4 is 46.0 Å². The molecule has 4 rings (SSSR count). The molecule has 0 aliphatic carbocycles. The van der Waals surface area contributed by atoms with E-state index in [2.05, 4.69) is 11.9 Å². The number of halogens is 2. The molecule has 0 radical (unpaired) electrons. The second-order valence-corrected chi connectivity index (χ2v) is 10.4. The summed E-state index contributed by atoms with van der Waals surface area (Å²) in [4.78, 5) is 26.0. The minimum Gasteiger partial charge on any atom is -0.461 e. The van der Waals surface area contributed by atoms with E-state index in [-0.39, 0.29) is 24.4 Å². The molecule has 0 saturated carbocycles. The smallest absolute Gasteiger partial charge is 0.313 e. The van der Waals surface area contributed by atoms with Gasteiger partial charge >= 0.3 is 5.97 Å². The molecule has 2 aromatic carbocycles. The molecule has 1 aliphatic heterocycles. The van der Waals surface area contributed by atoms with Crippen molar-refractivity contribution in [2.75, 3.05) is 19.8 Å². The first-order valence-corrected chi connectivity index (χ1v) is 12.6. The maximum Gasteiger partial charge on any atom is 0.313 e. The number of nitrogens with one attached hydrogen (secondary N) is 1. The Kier molecular flexibility index (Phi) is 7.51. The van der Waals surface area contributed by atoms with Gasteiger partial charge in [-0.1, -0.05) is 74.0 Å². The Morgan fingerprint density at radius 3 is 2.42 bits per heavy atom. The van der Waals surface area contributed by atoms with Gasteiger partial charge in [-0.25, -0.2) is 0 Å². The third kappa shape index (κ3) is 4.65. The molecule has 6 nitrogen and oxygen atoms in total. The van der Waals surface area contributed by atoms with Crippen LogP contribution in [0.5, 0.6) is 0 Å². The van der Waals surface area contributed by atoms with Gasteiger partial charge in [0.2, 0.25) is 0 Å². The number of hydrogen-bond acceptors (Lipinski definition) is 4. The van der Waals surface area contributed by atoms with Crippen molar-refractivity contribution in [1.29, 1.82) is 0 Å². The van der Waals surface area contributed by atoms with E-state index < -0.39 is 11.5 Å². The van der Waals surface area contributed by atoms with E-state index in [0.717, 1.165) is 27.6 Å². The average molecular weight is 529 g/mol. The molecule has 1 fully saturated rings. The second-order valence-electron chi connectivity index (χ2n) is 9.63. The maximum absolute atomic E-state index is 13.4. The monoisotopic (exact) mass is 528 g/mol. The molecule has 1 N–H and O–H groups in total. The van der Waals surface area contributed by atoms with Gasteiger partial charge in [0, 0.05) is 12.4 Å². The van der Waals surface area contributed by atoms with Crippen LogP contribution < -0.4 is 5.32 Å². The van der Waals surface area contributed by atoms with Crippen molar-refractivity contribution in [3.8, 4) is 0 Å². The van der Waals surface area contributed by atoms with Crippen LogP contribution in [0, 0.1) is 12.8 Å². The maximum atomic E-state index is 13.4. The van der Waals surface area contributed by atoms with Crippen LogP contribution in [-0.4, -0.2) is 36.3 Å². The van der Waals surface area contributed by atoms with Gasteiger partial charge in [-0.3, -0.25) is 9.59 Å². The standard InChI is InChI=1S/C28H30Cl2N2O4/c1-6-11-36-27(34)23(16(2)3)18-7-9-19(10-8-18)28(14-35-15-28)31-26(33)22-13-20-21(32(22)5)12-17(4)24(29)25(20)30/h6-10,12-13,16,23H,1,11,14-15H2,2-5H3,(H,31,33). The highest BCUT2D eigenvalue weighted by Crippen LogP contribution is 2.36. The lowest BCUT2D eigenvalue weighted by Crippen LogP contribution is -2.59. The van der Waals surface area contributed by atoms with Crippen molar-refractivity contribution in [2.45, 2.75) is 32.2 Å². The number of carbonyl (C=O) groups is 2. The van der Waals surface area contributed by atoms with Gasteiger partial charge < -0.3 is 19.4 Å². The molecule has 3 aromatic rings. The Labute approximate surface area is 221 Å². The minimum atomic E-state index is -0.667. The van der Waals surface area contributed by atoms with Gasteiger partial charge in [0.05, 0.1) is 34.7 Å². The van der Waals surface area contributed by atoms with Crippen molar-refractivity contribution in [3.05, 3.63) is 81.5 Å². The van der Waals surface area contributed by atoms with E-state index in [9.17, 15) is 9.59 Å². The topological polar surface area (TPSA) is 69.6 Å². The lowest BCUT2D eigenvalue weighted by atomic mass is 9.83. The molecular weight excluding hydrogens is 499 g/mol. The van der Waals surface area contributed by atoms with Crippen LogP contribution in [0.4, 0.5) is 0 Å². The SMILES string of the molecule is C=CCOC(=O)C(c1ccc(C2(NC(=O)c3cc4c(Cl)c(Cl)c(C)cc4n3C)COC2)cc1)C(C)C. The number of carbonyl (C=O) groups excluding carboxylic acids is 2. The summed E-state index contributed by atoms with van der Waals surface area (Å²) in [7, 11) is 1.83. The van der Waals surface area contributed by atoms with Gasteiger partial charge in [0.25, 0.3) is 5.91 Å². The minimum absolute atomic E-state index is 0.0595. The highest BCUT2D eigenvalue weighted by molar-refractivity contribution is 6.45. The van der Waals surface area contributed by atoms with E-state index in [0.29, 0.717) is 29.0 Å². The highest BCUT2D eigenvalue weighted by Gasteiger charge is 2.42. The van der Waals surface area contributed by atoms with Crippen LogP contribution in [0.3, 0.4) is 0 Å². The molecule has 1 aromatic heterocycles. The fourth-order valence-electron chi connectivity index (χ4n) is 4.68. The fraction of sp³-hybridized carbons (Fsp3) is 0.357. The number of benzene rings is 2. The van der Waals surface area contributed by atoms with Crippen LogP contribution in [0.1, 0.15) is 46.9 Å². The van der Waals surface area contributed by atoms with E-state index in [1.807, 2.05) is 62.7 Å². The van der Waals surface area contributed by atoms with Crippen LogP contribution in [-0.2, 0) is 26.9 Å². The number of aromatic nitrogens is 1. The van der Waals surface area contributed by atoms with Gasteiger partial charge in [0.15, 0.2) is 0 Å². The number of esters is 1. The van der Waals surface area contributed by atoms with Gasteiger partial charge in [-0.05, 0) is 41.7 Å². The molecular formula is C28H30Cl2N2O4. The number of rotatable bonds is 8. The summed E-state index contributed by atoms with van der Waals surface area (Å²) in [5.41, 5.74) is 3.25. The van der Waals surface area contributed by atoms with E-state index in [4.69, 9.17) is 32.7 Å². The molecule has 0 spiro atoms. The molecule has 1 unspecified atom stereocenters. The van der Waals surface area contributed by atoms with Crippen LogP contribution >= 0.6 is 23.2 Å². The van der Waals surface area contributed by atoms with Crippen LogP contribution in [0.2, 0.25) is 10.0 Å². The van der Waals surface area contributed by atoms with E-state index in [1.54, 1.807) is 12.1 Å². The zero-order chi connectivity index (χ0) is 26.2. The Hall–Kier alpha value is -2.80. The van der Waals surface area contributed by atoms with Gasteiger partial charge in [-0.2, -0.15) is 0 Å². The zero-order valence-corrected chi connectivity index (χ0v) is 22.4. The first-order chi connectivity index (χ1) is 17.1. The third-order valence-electron chi connectivity index (χ3n) is 6.78. The molecule has 8 heteroatoms. The summed E-state index contributed by atoms with van der Waals surface area (Å²) in [5.74, 6) is -0.848. The Morgan fingerprint density at radius 1 is 1.19 bits per heavy atom. The average Bonchev–Trinajstić information content (AvgIpc) is 3.15. The molecule has 190 valence electrons. The Morgan fingerprint density at radius 2 is 1.86 bits per heavy atom. The van der Waals surface area contributed by atoms with Crippen molar-refractivity contribution < 1.29 is 19.1 Å². The zero-order valence-electron chi connectivity index (χ0n) is 20.9. The third-order valence-corrected chi connectivity index (χ3v) is 7.75. The predicted molar refractivity (Wildman–Crippen MR) is 143 cm³/mol. The van der Waals surface area contributed by atoms with Crippen LogP contribution in [0.15, 0.2) is 49.1 Å². The number of fused-ring (bicyclic) bond motifs is 1. The van der Waals surface area contributed by atoms with Crippen molar-refractivity contribution in [3.63, 3.8) is 0 Å². The molecule has 0 bridgehead atoms. The fourth-order valence-corrected chi connectivity index (χ4v) is 5.13. The summed E-state index contributed by atoms with van der Waals surface area (Å²) in [5, 5.41) is 4.82. The summed E-state index contributed by atoms with van der Waals surface area (Å²) >= 11 is 12.8. The quantitative estimate of drug-likeness (QED) is 0.291. The molecule has 36 heavy (non-hydrogen) atoms. The first kappa shape index (κ1) is 26.3. The molecule has 2 heterocycles. The molecule has 1 aliphatic rings. The number of hydrogen-bond donors (Lipinski definition) is 1. The second kappa shape index (κ2) is 10.3. The number of nitrogens with zero attached hydrogens (tertiary/aromatic N) is 1. The van der Waals surface area contributed by atoms with Gasteiger partial charge in [0.1, 0.15) is 17.8 Å². The predicted octanol–water partition coefficient (Wildman–Crippen LogP) is 5.92. The normalized spacial score (nSPS) is 15.4. The molecule has 1 atom stereocenters. The van der Waals surface area contributed by atoms with Gasteiger partial charge in [-0.15, -0.1) is 0 Å². The number of amides is 1. The first-order valence-electron chi connectivity index (χ1n) is 11.8. The van der Waals surface area contributed by atoms with Crippen molar-refractivity contribution in [1.82, 2.24) is 9.88 Å². The van der Waals surface area contributed by atoms with E-state index >= 15 is 0 Å². The Bertz CT molecular complexity index is 1320. The molecule has 1 saturated heterocycles. The summed E-state index contributed by atoms with van der Waals surface area (Å²) in [6.45, 7) is 10.3. The summed E-state index contributed by atoms with van der Waals surface area (Å²) in [6, 6.07) is 11.4. The lowest BCUT2D eigenvalue weighted by molar-refractivity contribution is -0.145.